The van der Waals surface area contributed by atoms with Crippen LogP contribution in [-0.4, -0.2) is 25.6 Å². The molecule has 7 heteroatoms. The number of benzene rings is 1. The summed E-state index contributed by atoms with van der Waals surface area (Å²) < 4.78 is -1.88. The smallest absolute Gasteiger partial charge is 0.414 e. The highest BCUT2D eigenvalue weighted by molar-refractivity contribution is 9.26. The molecule has 0 bridgehead atoms. The van der Waals surface area contributed by atoms with E-state index < -0.39 is 15.4 Å². The molecule has 0 unspecified atom stereocenters. The third-order valence-corrected chi connectivity index (χ3v) is 3.13. The standard InChI is InChI=1S/C9H7Br2NO4/c10-9(11,7(13)14)12(8(15)16)6-4-2-1-3-5-6/h1-5H,(H,13,14)(H,15,16). The minimum atomic E-state index is -1.88. The molecule has 2 N–H and O–H groups in total. The molecule has 0 aliphatic rings. The fraction of sp³-hybridized carbons (Fsp3) is 0.111. The molecule has 0 spiro atoms. The van der Waals surface area contributed by atoms with E-state index in [1.807, 2.05) is 0 Å². The van der Waals surface area contributed by atoms with Crippen LogP contribution in [0.4, 0.5) is 10.5 Å². The molecule has 1 aromatic carbocycles. The number of anilines is 1. The average molecular weight is 353 g/mol. The Bertz CT molecular complexity index is 407. The summed E-state index contributed by atoms with van der Waals surface area (Å²) in [5.74, 6) is -1.36. The van der Waals surface area contributed by atoms with E-state index in [4.69, 9.17) is 10.2 Å². The van der Waals surface area contributed by atoms with E-state index in [0.29, 0.717) is 4.90 Å². The second kappa shape index (κ2) is 4.84. The van der Waals surface area contributed by atoms with Gasteiger partial charge in [-0.2, -0.15) is 0 Å². The SMILES string of the molecule is O=C(O)N(c1ccccc1)C(Br)(Br)C(=O)O. The lowest BCUT2D eigenvalue weighted by molar-refractivity contribution is -0.136. The van der Waals surface area contributed by atoms with Gasteiger partial charge in [-0.1, -0.05) is 18.2 Å². The zero-order valence-corrected chi connectivity index (χ0v) is 11.0. The van der Waals surface area contributed by atoms with Crippen LogP contribution in [0.5, 0.6) is 0 Å². The lowest BCUT2D eigenvalue weighted by Gasteiger charge is -2.28. The van der Waals surface area contributed by atoms with Crippen molar-refractivity contribution < 1.29 is 19.8 Å². The van der Waals surface area contributed by atoms with Crippen molar-refractivity contribution in [1.82, 2.24) is 0 Å². The minimum Gasteiger partial charge on any atom is -0.478 e. The second-order valence-corrected chi connectivity index (χ2v) is 6.16. The van der Waals surface area contributed by atoms with E-state index in [-0.39, 0.29) is 5.69 Å². The molecule has 0 fully saturated rings. The molecular weight excluding hydrogens is 346 g/mol. The molecule has 1 amide bonds. The largest absolute Gasteiger partial charge is 0.478 e. The number of amides is 1. The third-order valence-electron chi connectivity index (χ3n) is 1.74. The number of aliphatic carboxylic acids is 1. The quantitative estimate of drug-likeness (QED) is 0.647. The van der Waals surface area contributed by atoms with Gasteiger partial charge in [0.15, 0.2) is 0 Å². The Morgan fingerprint density at radius 2 is 1.62 bits per heavy atom. The number of rotatable bonds is 3. The highest BCUT2D eigenvalue weighted by atomic mass is 79.9. The summed E-state index contributed by atoms with van der Waals surface area (Å²) in [5, 5.41) is 17.9. The van der Waals surface area contributed by atoms with Crippen LogP contribution in [0.2, 0.25) is 0 Å². The molecule has 0 aliphatic heterocycles. The number of carboxylic acids is 1. The Labute approximate surface area is 108 Å². The van der Waals surface area contributed by atoms with Crippen LogP contribution in [0.25, 0.3) is 0 Å². The second-order valence-electron chi connectivity index (χ2n) is 2.80. The molecule has 0 saturated carbocycles. The zero-order valence-electron chi connectivity index (χ0n) is 7.80. The number of halogens is 2. The minimum absolute atomic E-state index is 0.242. The van der Waals surface area contributed by atoms with E-state index in [1.165, 1.54) is 12.1 Å². The summed E-state index contributed by atoms with van der Waals surface area (Å²) in [4.78, 5) is 22.7. The number of nitrogens with zero attached hydrogens (tertiary/aromatic N) is 1. The zero-order chi connectivity index (χ0) is 12.3. The van der Waals surface area contributed by atoms with Gasteiger partial charge in [-0.25, -0.2) is 14.5 Å². The van der Waals surface area contributed by atoms with Crippen LogP contribution < -0.4 is 4.90 Å². The van der Waals surface area contributed by atoms with Gasteiger partial charge in [0, 0.05) is 5.69 Å². The van der Waals surface area contributed by atoms with Crippen LogP contribution >= 0.6 is 31.9 Å². The molecule has 16 heavy (non-hydrogen) atoms. The van der Waals surface area contributed by atoms with Crippen LogP contribution in [0.1, 0.15) is 0 Å². The summed E-state index contributed by atoms with van der Waals surface area (Å²) in [6.07, 6.45) is -1.39. The van der Waals surface area contributed by atoms with Crippen molar-refractivity contribution in [3.8, 4) is 0 Å². The van der Waals surface area contributed by atoms with Gasteiger partial charge < -0.3 is 10.2 Å². The number of hydrogen-bond acceptors (Lipinski definition) is 2. The maximum Gasteiger partial charge on any atom is 0.414 e. The number of hydrogen-bond donors (Lipinski definition) is 2. The van der Waals surface area contributed by atoms with Gasteiger partial charge in [0.05, 0.1) is 0 Å². The molecule has 0 saturated heterocycles. The molecule has 0 aliphatic carbocycles. The highest BCUT2D eigenvalue weighted by Gasteiger charge is 2.43. The van der Waals surface area contributed by atoms with Gasteiger partial charge >= 0.3 is 12.1 Å². The number of para-hydroxylation sites is 1. The normalized spacial score (nSPS) is 10.9. The molecule has 0 atom stereocenters. The molecule has 0 radical (unpaired) electrons. The Kier molecular flexibility index (Phi) is 3.93. The first-order valence-corrected chi connectivity index (χ1v) is 5.65. The molecular formula is C9H7Br2NO4. The van der Waals surface area contributed by atoms with Crippen LogP contribution in [0.15, 0.2) is 30.3 Å². The van der Waals surface area contributed by atoms with Crippen molar-refractivity contribution in [2.24, 2.45) is 0 Å². The lowest BCUT2D eigenvalue weighted by Crippen LogP contribution is -2.48. The van der Waals surface area contributed by atoms with Gasteiger partial charge in [0.2, 0.25) is 0 Å². The van der Waals surface area contributed by atoms with Crippen molar-refractivity contribution in [2.45, 2.75) is 3.36 Å². The summed E-state index contributed by atoms with van der Waals surface area (Å²) in [5.41, 5.74) is 0.242. The number of carbonyl (C=O) groups is 2. The van der Waals surface area contributed by atoms with Crippen LogP contribution in [-0.2, 0) is 4.79 Å². The molecule has 0 heterocycles. The van der Waals surface area contributed by atoms with E-state index in [1.54, 1.807) is 18.2 Å². The summed E-state index contributed by atoms with van der Waals surface area (Å²) in [6, 6.07) is 7.92. The van der Waals surface area contributed by atoms with Crippen molar-refractivity contribution in [2.75, 3.05) is 4.90 Å². The molecule has 1 aromatic rings. The summed E-state index contributed by atoms with van der Waals surface area (Å²) in [6.45, 7) is 0. The van der Waals surface area contributed by atoms with Crippen LogP contribution in [0, 0.1) is 0 Å². The first-order chi connectivity index (χ1) is 7.37. The van der Waals surface area contributed by atoms with Gasteiger partial charge in [0.1, 0.15) is 0 Å². The highest BCUT2D eigenvalue weighted by Crippen LogP contribution is 2.35. The van der Waals surface area contributed by atoms with Gasteiger partial charge in [-0.3, -0.25) is 0 Å². The fourth-order valence-electron chi connectivity index (χ4n) is 1.07. The van der Waals surface area contributed by atoms with E-state index in [2.05, 4.69) is 31.9 Å². The molecule has 86 valence electrons. The van der Waals surface area contributed by atoms with Gasteiger partial charge in [-0.05, 0) is 44.0 Å². The number of alkyl halides is 2. The lowest BCUT2D eigenvalue weighted by atomic mass is 10.3. The first kappa shape index (κ1) is 13.0. The van der Waals surface area contributed by atoms with E-state index in [0.717, 1.165) is 0 Å². The Balaban J connectivity index is 3.21. The number of carboxylic acid groups (broad SMARTS) is 2. The van der Waals surface area contributed by atoms with E-state index in [9.17, 15) is 9.59 Å². The molecule has 0 aromatic heterocycles. The van der Waals surface area contributed by atoms with Gasteiger partial charge in [-0.15, -0.1) is 0 Å². The Hall–Kier alpha value is -1.08. The monoisotopic (exact) mass is 351 g/mol. The summed E-state index contributed by atoms with van der Waals surface area (Å²) >= 11 is 5.62. The molecule has 1 rings (SSSR count). The predicted octanol–water partition coefficient (Wildman–Crippen LogP) is 2.70. The van der Waals surface area contributed by atoms with Crippen LogP contribution in [0.3, 0.4) is 0 Å². The van der Waals surface area contributed by atoms with Crippen molar-refractivity contribution >= 4 is 49.6 Å². The van der Waals surface area contributed by atoms with Crippen molar-refractivity contribution in [3.05, 3.63) is 30.3 Å². The van der Waals surface area contributed by atoms with Gasteiger partial charge in [0.25, 0.3) is 3.36 Å². The Morgan fingerprint density at radius 3 is 2.00 bits per heavy atom. The van der Waals surface area contributed by atoms with Crippen molar-refractivity contribution in [3.63, 3.8) is 0 Å². The topological polar surface area (TPSA) is 77.8 Å². The molecule has 5 nitrogen and oxygen atoms in total. The maximum atomic E-state index is 11.1. The fourth-order valence-corrected chi connectivity index (χ4v) is 1.78. The van der Waals surface area contributed by atoms with E-state index >= 15 is 0 Å². The first-order valence-electron chi connectivity index (χ1n) is 4.06. The maximum absolute atomic E-state index is 11.1. The Morgan fingerprint density at radius 1 is 1.12 bits per heavy atom. The third kappa shape index (κ3) is 2.53. The average Bonchev–Trinajstić information content (AvgIpc) is 2.18. The van der Waals surface area contributed by atoms with Crippen molar-refractivity contribution in [1.29, 1.82) is 0 Å². The summed E-state index contributed by atoms with van der Waals surface area (Å²) in [7, 11) is 0. The predicted molar refractivity (Wildman–Crippen MR) is 65.2 cm³/mol.